The van der Waals surface area contributed by atoms with Gasteiger partial charge < -0.3 is 20.1 Å². The zero-order chi connectivity index (χ0) is 26.7. The van der Waals surface area contributed by atoms with Crippen LogP contribution in [0.5, 0.6) is 0 Å². The van der Waals surface area contributed by atoms with Gasteiger partial charge in [0.1, 0.15) is 17.7 Å². The van der Waals surface area contributed by atoms with Gasteiger partial charge in [0.25, 0.3) is 5.91 Å². The van der Waals surface area contributed by atoms with E-state index < -0.39 is 30.7 Å². The van der Waals surface area contributed by atoms with E-state index in [-0.39, 0.29) is 41.0 Å². The van der Waals surface area contributed by atoms with Crippen molar-refractivity contribution in [2.45, 2.75) is 31.2 Å². The molecule has 4 rings (SSSR count). The molecule has 2 atom stereocenters. The number of pyridine rings is 2. The summed E-state index contributed by atoms with van der Waals surface area (Å²) in [5.74, 6) is 5.17. The van der Waals surface area contributed by atoms with Gasteiger partial charge in [0.2, 0.25) is 5.56 Å². The first-order valence-electron chi connectivity index (χ1n) is 11.6. The molecule has 1 aliphatic rings. The monoisotopic (exact) mass is 518 g/mol. The number of nitrogens with one attached hydrogen (secondary N) is 2. The molecule has 0 saturated carbocycles. The van der Waals surface area contributed by atoms with E-state index in [9.17, 15) is 27.2 Å². The van der Waals surface area contributed by atoms with Crippen LogP contribution < -0.4 is 16.2 Å². The average Bonchev–Trinajstić information content (AvgIpc) is 3.17. The van der Waals surface area contributed by atoms with Gasteiger partial charge in [-0.15, -0.1) is 0 Å². The van der Waals surface area contributed by atoms with E-state index in [1.165, 1.54) is 40.5 Å². The summed E-state index contributed by atoms with van der Waals surface area (Å²) in [7, 11) is 3.34. The summed E-state index contributed by atoms with van der Waals surface area (Å²) in [5.41, 5.74) is -0.00204. The second kappa shape index (κ2) is 10.6. The molecular weight excluding hydrogens is 492 g/mol. The third-order valence-electron chi connectivity index (χ3n) is 6.11. The van der Waals surface area contributed by atoms with E-state index in [1.54, 1.807) is 12.1 Å². The van der Waals surface area contributed by atoms with Gasteiger partial charge >= 0.3 is 6.18 Å². The Hall–Kier alpha value is -3.85. The summed E-state index contributed by atoms with van der Waals surface area (Å²) in [5, 5.41) is 9.94. The minimum Gasteiger partial charge on any atom is -0.364 e. The fourth-order valence-electron chi connectivity index (χ4n) is 4.20. The molecule has 1 saturated heterocycles. The van der Waals surface area contributed by atoms with Crippen LogP contribution in [0.1, 0.15) is 28.0 Å². The number of fused-ring (bicyclic) bond motifs is 1. The van der Waals surface area contributed by atoms with Crippen LogP contribution >= 0.6 is 0 Å². The highest BCUT2D eigenvalue weighted by Crippen LogP contribution is 2.28. The van der Waals surface area contributed by atoms with Crippen LogP contribution in [0.4, 0.5) is 23.4 Å². The second-order valence-corrected chi connectivity index (χ2v) is 9.00. The fraction of sp³-hybridized carbons (Fsp3) is 0.400. The Morgan fingerprint density at radius 2 is 2.00 bits per heavy atom. The molecule has 0 spiro atoms. The molecule has 37 heavy (non-hydrogen) atoms. The molecular formula is C25H26F4N6O2. The molecule has 3 aromatic rings. The van der Waals surface area contributed by atoms with E-state index in [0.717, 1.165) is 0 Å². The molecule has 0 aromatic carbocycles. The van der Waals surface area contributed by atoms with Crippen molar-refractivity contribution >= 4 is 17.2 Å². The summed E-state index contributed by atoms with van der Waals surface area (Å²) in [6.45, 7) is 0.799. The van der Waals surface area contributed by atoms with Crippen molar-refractivity contribution in [3.63, 3.8) is 0 Å². The first-order valence-corrected chi connectivity index (χ1v) is 11.6. The lowest BCUT2D eigenvalue weighted by molar-refractivity contribution is -0.127. The van der Waals surface area contributed by atoms with Gasteiger partial charge in [-0.3, -0.25) is 9.59 Å². The number of rotatable bonds is 5. The lowest BCUT2D eigenvalue weighted by atomic mass is 10.0. The largest absolute Gasteiger partial charge is 0.393 e. The second-order valence-electron chi connectivity index (χ2n) is 9.00. The Bertz CT molecular complexity index is 1420. The highest BCUT2D eigenvalue weighted by atomic mass is 19.4. The number of alkyl halides is 4. The number of amides is 1. The Balaban J connectivity index is 1.58. The molecule has 8 nitrogen and oxygen atoms in total. The molecule has 196 valence electrons. The van der Waals surface area contributed by atoms with Crippen LogP contribution in [0.15, 0.2) is 41.3 Å². The van der Waals surface area contributed by atoms with Crippen molar-refractivity contribution in [1.29, 1.82) is 0 Å². The summed E-state index contributed by atoms with van der Waals surface area (Å²) < 4.78 is 57.3. The Kier molecular flexibility index (Phi) is 7.54. The lowest BCUT2D eigenvalue weighted by Crippen LogP contribution is -2.46. The predicted octanol–water partition coefficient (Wildman–Crippen LogP) is 2.37. The molecule has 12 heteroatoms. The van der Waals surface area contributed by atoms with Crippen molar-refractivity contribution in [1.82, 2.24) is 24.4 Å². The van der Waals surface area contributed by atoms with Gasteiger partial charge in [0.05, 0.1) is 30.1 Å². The Labute approximate surface area is 210 Å². The zero-order valence-electron chi connectivity index (χ0n) is 20.3. The minimum atomic E-state index is -4.50. The van der Waals surface area contributed by atoms with E-state index in [0.29, 0.717) is 18.8 Å². The first-order chi connectivity index (χ1) is 17.5. The molecule has 0 radical (unpaired) electrons. The summed E-state index contributed by atoms with van der Waals surface area (Å²) in [6.07, 6.45) is -4.98. The van der Waals surface area contributed by atoms with Crippen molar-refractivity contribution < 1.29 is 22.4 Å². The SMILES string of the molecule is CN1CC[C@@H](Nc2cccc3c(CC(F)(F)F)c(C#CCNC(=O)c4ccc(=O)n(C)c4)nn23)[C@@H](F)C1. The topological polar surface area (TPSA) is 83.7 Å². The highest BCUT2D eigenvalue weighted by Gasteiger charge is 2.32. The number of carbonyl (C=O) groups is 1. The molecule has 3 aromatic heterocycles. The molecule has 1 amide bonds. The van der Waals surface area contributed by atoms with Gasteiger partial charge in [-0.2, -0.15) is 18.3 Å². The van der Waals surface area contributed by atoms with Crippen LogP contribution in [-0.2, 0) is 13.5 Å². The number of anilines is 1. The predicted molar refractivity (Wildman–Crippen MR) is 130 cm³/mol. The Morgan fingerprint density at radius 1 is 1.22 bits per heavy atom. The fourth-order valence-corrected chi connectivity index (χ4v) is 4.20. The molecule has 0 bridgehead atoms. The Morgan fingerprint density at radius 3 is 2.70 bits per heavy atom. The maximum absolute atomic E-state index is 14.6. The van der Waals surface area contributed by atoms with Crippen molar-refractivity contribution in [2.75, 3.05) is 32.0 Å². The van der Waals surface area contributed by atoms with Crippen LogP contribution in [0.2, 0.25) is 0 Å². The molecule has 0 aliphatic carbocycles. The quantitative estimate of drug-likeness (QED) is 0.401. The number of aryl methyl sites for hydroxylation is 1. The molecule has 1 aliphatic heterocycles. The maximum Gasteiger partial charge on any atom is 0.393 e. The number of hydrogen-bond acceptors (Lipinski definition) is 5. The summed E-state index contributed by atoms with van der Waals surface area (Å²) in [6, 6.07) is 6.85. The van der Waals surface area contributed by atoms with Crippen molar-refractivity contribution in [3.8, 4) is 11.8 Å². The standard InChI is InChI=1S/C25H26F4N6O2/c1-33-12-10-20(18(26)15-33)31-22-7-3-6-21-17(13-25(27,28)29)19(32-35(21)22)5-4-11-30-24(37)16-8-9-23(36)34(2)14-16/h3,6-9,14,18,20,31H,10-13,15H2,1-2H3,(H,30,37)/t18-,20+/m0/s1. The van der Waals surface area contributed by atoms with Crippen LogP contribution in [-0.4, -0.2) is 70.1 Å². The summed E-state index contributed by atoms with van der Waals surface area (Å²) >= 11 is 0. The van der Waals surface area contributed by atoms with Crippen LogP contribution in [0.3, 0.4) is 0 Å². The van der Waals surface area contributed by atoms with E-state index >= 15 is 0 Å². The van der Waals surface area contributed by atoms with Gasteiger partial charge in [-0.25, -0.2) is 8.91 Å². The third kappa shape index (κ3) is 6.29. The van der Waals surface area contributed by atoms with E-state index in [1.807, 2.05) is 11.9 Å². The maximum atomic E-state index is 14.6. The lowest BCUT2D eigenvalue weighted by Gasteiger charge is -2.33. The minimum absolute atomic E-state index is 0.0805. The number of nitrogens with zero attached hydrogens (tertiary/aromatic N) is 4. The molecule has 2 N–H and O–H groups in total. The zero-order valence-corrected chi connectivity index (χ0v) is 20.3. The number of aromatic nitrogens is 3. The summed E-state index contributed by atoms with van der Waals surface area (Å²) in [4.78, 5) is 25.6. The number of piperidine rings is 1. The van der Waals surface area contributed by atoms with Crippen LogP contribution in [0, 0.1) is 11.8 Å². The van der Waals surface area contributed by atoms with Gasteiger partial charge in [0, 0.05) is 38.0 Å². The van der Waals surface area contributed by atoms with Crippen molar-refractivity contribution in [3.05, 3.63) is 63.7 Å². The molecule has 0 unspecified atom stereocenters. The number of carbonyl (C=O) groups excluding carboxylic acids is 1. The van der Waals surface area contributed by atoms with E-state index in [4.69, 9.17) is 0 Å². The number of hydrogen-bond donors (Lipinski definition) is 2. The van der Waals surface area contributed by atoms with Gasteiger partial charge in [0.15, 0.2) is 0 Å². The highest BCUT2D eigenvalue weighted by molar-refractivity contribution is 5.94. The third-order valence-corrected chi connectivity index (χ3v) is 6.11. The van der Waals surface area contributed by atoms with Crippen molar-refractivity contribution in [2.24, 2.45) is 7.05 Å². The smallest absolute Gasteiger partial charge is 0.364 e. The molecule has 4 heterocycles. The normalized spacial score (nSPS) is 18.3. The van der Waals surface area contributed by atoms with Gasteiger partial charge in [-0.05, 0) is 37.6 Å². The first kappa shape index (κ1) is 26.2. The molecule has 1 fully saturated rings. The van der Waals surface area contributed by atoms with Crippen LogP contribution in [0.25, 0.3) is 5.52 Å². The number of likely N-dealkylation sites (tertiary alicyclic amines) is 1. The van der Waals surface area contributed by atoms with E-state index in [2.05, 4.69) is 27.6 Å². The van der Waals surface area contributed by atoms with Gasteiger partial charge in [-0.1, -0.05) is 12.0 Å². The number of halogens is 4. The average molecular weight is 519 g/mol.